The number of benzene rings is 2. The molecule has 0 saturated heterocycles. The molecule has 0 spiro atoms. The number of imidazole rings is 1. The molecule has 4 aromatic rings. The molecule has 6 nitrogen and oxygen atoms in total. The number of hydrogen-bond donors (Lipinski definition) is 1. The molecule has 2 heterocycles. The lowest BCUT2D eigenvalue weighted by molar-refractivity contribution is -0.116. The summed E-state index contributed by atoms with van der Waals surface area (Å²) in [6.45, 7) is 4.11. The van der Waals surface area contributed by atoms with E-state index in [1.165, 1.54) is 23.5 Å². The van der Waals surface area contributed by atoms with E-state index in [2.05, 4.69) is 20.5 Å². The number of nitrogens with zero attached hydrogens (tertiary/aromatic N) is 4. The van der Waals surface area contributed by atoms with E-state index in [1.807, 2.05) is 42.7 Å². The number of para-hydroxylation sites is 2. The van der Waals surface area contributed by atoms with Gasteiger partial charge in [0.25, 0.3) is 0 Å². The van der Waals surface area contributed by atoms with Crippen molar-refractivity contribution in [3.05, 3.63) is 59.4 Å². The third kappa shape index (κ3) is 3.63. The maximum absolute atomic E-state index is 13.3. The third-order valence-corrected chi connectivity index (χ3v) is 5.38. The summed E-state index contributed by atoms with van der Waals surface area (Å²) in [6.07, 6.45) is 0. The Labute approximate surface area is 165 Å². The summed E-state index contributed by atoms with van der Waals surface area (Å²) in [6, 6.07) is 13.7. The van der Waals surface area contributed by atoms with Crippen LogP contribution in [0, 0.1) is 5.82 Å². The molecule has 1 amide bonds. The number of aromatic nitrogens is 4. The first-order chi connectivity index (χ1) is 13.5. The van der Waals surface area contributed by atoms with Crippen LogP contribution in [-0.2, 0) is 11.3 Å². The monoisotopic (exact) mass is 395 g/mol. The second kappa shape index (κ2) is 7.47. The molecule has 0 radical (unpaired) electrons. The molecule has 4 rings (SSSR count). The van der Waals surface area contributed by atoms with Crippen LogP contribution in [0.15, 0.2) is 48.5 Å². The highest BCUT2D eigenvalue weighted by molar-refractivity contribution is 7.15. The zero-order valence-corrected chi connectivity index (χ0v) is 16.2. The highest BCUT2D eigenvalue weighted by Crippen LogP contribution is 2.26. The molecular formula is C20H18FN5OS. The maximum atomic E-state index is 13.3. The number of rotatable bonds is 5. The number of carbonyl (C=O) groups is 1. The topological polar surface area (TPSA) is 72.7 Å². The molecule has 0 aliphatic heterocycles. The average Bonchev–Trinajstić information content (AvgIpc) is 3.28. The fraction of sp³-hybridized carbons (Fsp3) is 0.200. The predicted octanol–water partition coefficient (Wildman–Crippen LogP) is 4.46. The van der Waals surface area contributed by atoms with Gasteiger partial charge in [-0.2, -0.15) is 0 Å². The second-order valence-electron chi connectivity index (χ2n) is 6.67. The van der Waals surface area contributed by atoms with Crippen molar-refractivity contribution in [1.82, 2.24) is 19.7 Å². The van der Waals surface area contributed by atoms with Crippen LogP contribution in [0.25, 0.3) is 22.4 Å². The smallest absolute Gasteiger partial charge is 0.246 e. The molecule has 0 fully saturated rings. The van der Waals surface area contributed by atoms with Crippen LogP contribution in [0.1, 0.15) is 24.8 Å². The Hall–Kier alpha value is -3.13. The SMILES string of the molecule is CC(C)c1nnc(NC(=O)Cn2c(-c3ccc(F)cc3)nc3ccccc32)s1. The van der Waals surface area contributed by atoms with E-state index >= 15 is 0 Å². The summed E-state index contributed by atoms with van der Waals surface area (Å²) >= 11 is 1.37. The fourth-order valence-electron chi connectivity index (χ4n) is 2.88. The van der Waals surface area contributed by atoms with Crippen molar-refractivity contribution < 1.29 is 9.18 Å². The summed E-state index contributed by atoms with van der Waals surface area (Å²) < 4.78 is 15.1. The molecule has 8 heteroatoms. The average molecular weight is 395 g/mol. The van der Waals surface area contributed by atoms with Gasteiger partial charge < -0.3 is 4.57 Å². The molecule has 0 saturated carbocycles. The molecule has 28 heavy (non-hydrogen) atoms. The number of fused-ring (bicyclic) bond motifs is 1. The Morgan fingerprint density at radius 1 is 1.14 bits per heavy atom. The van der Waals surface area contributed by atoms with Crippen molar-refractivity contribution >= 4 is 33.4 Å². The zero-order chi connectivity index (χ0) is 19.7. The van der Waals surface area contributed by atoms with Crippen molar-refractivity contribution in [2.24, 2.45) is 0 Å². The van der Waals surface area contributed by atoms with Gasteiger partial charge in [-0.05, 0) is 36.4 Å². The molecular weight excluding hydrogens is 377 g/mol. The lowest BCUT2D eigenvalue weighted by Crippen LogP contribution is -2.19. The van der Waals surface area contributed by atoms with Crippen molar-refractivity contribution in [2.45, 2.75) is 26.3 Å². The number of amides is 1. The quantitative estimate of drug-likeness (QED) is 0.542. The Balaban J connectivity index is 1.65. The highest BCUT2D eigenvalue weighted by Gasteiger charge is 2.17. The van der Waals surface area contributed by atoms with Crippen LogP contribution in [0.4, 0.5) is 9.52 Å². The van der Waals surface area contributed by atoms with E-state index in [0.29, 0.717) is 11.0 Å². The Bertz CT molecular complexity index is 1130. The molecule has 0 atom stereocenters. The normalized spacial score (nSPS) is 11.3. The van der Waals surface area contributed by atoms with Gasteiger partial charge in [0.1, 0.15) is 23.2 Å². The van der Waals surface area contributed by atoms with Gasteiger partial charge in [-0.3, -0.25) is 10.1 Å². The molecule has 0 bridgehead atoms. The van der Waals surface area contributed by atoms with E-state index in [-0.39, 0.29) is 24.2 Å². The van der Waals surface area contributed by atoms with Crippen molar-refractivity contribution in [3.8, 4) is 11.4 Å². The third-order valence-electron chi connectivity index (χ3n) is 4.24. The molecule has 1 N–H and O–H groups in total. The van der Waals surface area contributed by atoms with Crippen LogP contribution in [-0.4, -0.2) is 25.7 Å². The summed E-state index contributed by atoms with van der Waals surface area (Å²) in [5, 5.41) is 12.3. The predicted molar refractivity (Wildman–Crippen MR) is 108 cm³/mol. The number of anilines is 1. The van der Waals surface area contributed by atoms with E-state index in [9.17, 15) is 9.18 Å². The first-order valence-electron chi connectivity index (χ1n) is 8.85. The lowest BCUT2D eigenvalue weighted by Gasteiger charge is -2.09. The van der Waals surface area contributed by atoms with E-state index < -0.39 is 0 Å². The Kier molecular flexibility index (Phi) is 4.87. The van der Waals surface area contributed by atoms with Crippen LogP contribution in [0.3, 0.4) is 0 Å². The zero-order valence-electron chi connectivity index (χ0n) is 15.4. The molecule has 142 valence electrons. The summed E-state index contributed by atoms with van der Waals surface area (Å²) in [7, 11) is 0. The van der Waals surface area contributed by atoms with Crippen LogP contribution >= 0.6 is 11.3 Å². The van der Waals surface area contributed by atoms with Gasteiger partial charge in [0.15, 0.2) is 0 Å². The number of nitrogens with one attached hydrogen (secondary N) is 1. The summed E-state index contributed by atoms with van der Waals surface area (Å²) in [5.74, 6) is 0.321. The van der Waals surface area contributed by atoms with E-state index in [0.717, 1.165) is 21.6 Å². The number of hydrogen-bond acceptors (Lipinski definition) is 5. The van der Waals surface area contributed by atoms with Gasteiger partial charge in [-0.1, -0.05) is 37.3 Å². The van der Waals surface area contributed by atoms with Crippen LogP contribution < -0.4 is 5.32 Å². The van der Waals surface area contributed by atoms with Gasteiger partial charge in [-0.15, -0.1) is 10.2 Å². The summed E-state index contributed by atoms with van der Waals surface area (Å²) in [4.78, 5) is 17.3. The van der Waals surface area contributed by atoms with Gasteiger partial charge >= 0.3 is 0 Å². The number of halogens is 1. The lowest BCUT2D eigenvalue weighted by atomic mass is 10.2. The minimum absolute atomic E-state index is 0.0593. The van der Waals surface area contributed by atoms with E-state index in [1.54, 1.807) is 12.1 Å². The van der Waals surface area contributed by atoms with Gasteiger partial charge in [0.05, 0.1) is 11.0 Å². The van der Waals surface area contributed by atoms with Gasteiger partial charge in [0, 0.05) is 11.5 Å². The van der Waals surface area contributed by atoms with Gasteiger partial charge in [0.2, 0.25) is 11.0 Å². The summed E-state index contributed by atoms with van der Waals surface area (Å²) in [5.41, 5.74) is 2.34. The first kappa shape index (κ1) is 18.2. The molecule has 2 aromatic heterocycles. The maximum Gasteiger partial charge on any atom is 0.246 e. The molecule has 0 aliphatic carbocycles. The minimum atomic E-state index is -0.318. The number of carbonyl (C=O) groups excluding carboxylic acids is 1. The Morgan fingerprint density at radius 2 is 1.89 bits per heavy atom. The van der Waals surface area contributed by atoms with Crippen LogP contribution in [0.5, 0.6) is 0 Å². The first-order valence-corrected chi connectivity index (χ1v) is 9.67. The van der Waals surface area contributed by atoms with Crippen LogP contribution in [0.2, 0.25) is 0 Å². The minimum Gasteiger partial charge on any atom is -0.314 e. The second-order valence-corrected chi connectivity index (χ2v) is 7.67. The Morgan fingerprint density at radius 3 is 2.61 bits per heavy atom. The van der Waals surface area contributed by atoms with Crippen molar-refractivity contribution in [3.63, 3.8) is 0 Å². The highest BCUT2D eigenvalue weighted by atomic mass is 32.1. The fourth-order valence-corrected chi connectivity index (χ4v) is 3.64. The standard InChI is InChI=1S/C20H18FN5OS/c1-12(2)19-24-25-20(28-19)23-17(27)11-26-16-6-4-3-5-15(16)22-18(26)13-7-9-14(21)10-8-13/h3-10,12H,11H2,1-2H3,(H,23,25,27). The largest absolute Gasteiger partial charge is 0.314 e. The van der Waals surface area contributed by atoms with Crippen molar-refractivity contribution in [1.29, 1.82) is 0 Å². The molecule has 2 aromatic carbocycles. The van der Waals surface area contributed by atoms with Gasteiger partial charge in [-0.25, -0.2) is 9.37 Å². The molecule has 0 unspecified atom stereocenters. The molecule has 0 aliphatic rings. The van der Waals surface area contributed by atoms with Crippen molar-refractivity contribution in [2.75, 3.05) is 5.32 Å². The van der Waals surface area contributed by atoms with E-state index in [4.69, 9.17) is 0 Å².